The van der Waals surface area contributed by atoms with E-state index in [0.717, 1.165) is 25.1 Å². The van der Waals surface area contributed by atoms with E-state index in [1.165, 1.54) is 11.1 Å². The van der Waals surface area contributed by atoms with Crippen LogP contribution in [0.5, 0.6) is 0 Å². The third-order valence-corrected chi connectivity index (χ3v) is 4.36. The fraction of sp³-hybridized carbons (Fsp3) is 0.316. The van der Waals surface area contributed by atoms with Crippen LogP contribution in [0.25, 0.3) is 0 Å². The normalized spacial score (nSPS) is 15.9. The van der Waals surface area contributed by atoms with Gasteiger partial charge >= 0.3 is 0 Å². The smallest absolute Gasteiger partial charge is 0.248 e. The number of β-amino-alcohol motifs (C(OH)–C–C–N with tert-alkyl or cyclic N) is 1. The van der Waals surface area contributed by atoms with Crippen molar-refractivity contribution >= 4 is 5.91 Å². The van der Waals surface area contributed by atoms with E-state index in [4.69, 9.17) is 5.73 Å². The molecule has 1 atom stereocenters. The predicted molar refractivity (Wildman–Crippen MR) is 90.1 cm³/mol. The lowest BCUT2D eigenvalue weighted by Gasteiger charge is -2.30. The molecule has 1 unspecified atom stereocenters. The second-order valence-electron chi connectivity index (χ2n) is 6.18. The molecule has 0 fully saturated rings. The SMILES string of the molecule is NC(=O)c1cccc(CC(O)CN2CCc3ccccc3C2)c1. The number of fused-ring (bicyclic) bond motifs is 1. The van der Waals surface area contributed by atoms with Crippen molar-refractivity contribution in [3.63, 3.8) is 0 Å². The molecule has 2 aromatic carbocycles. The number of hydrogen-bond acceptors (Lipinski definition) is 3. The molecule has 1 amide bonds. The van der Waals surface area contributed by atoms with E-state index in [9.17, 15) is 9.90 Å². The number of nitrogens with two attached hydrogens (primary N) is 1. The zero-order valence-electron chi connectivity index (χ0n) is 13.1. The fourth-order valence-corrected chi connectivity index (χ4v) is 3.20. The van der Waals surface area contributed by atoms with Crippen LogP contribution in [0, 0.1) is 0 Å². The Balaban J connectivity index is 1.59. The van der Waals surface area contributed by atoms with Gasteiger partial charge in [-0.1, -0.05) is 36.4 Å². The first-order valence-electron chi connectivity index (χ1n) is 7.98. The molecule has 0 aliphatic carbocycles. The number of primary amides is 1. The summed E-state index contributed by atoms with van der Waals surface area (Å²) in [5.74, 6) is -0.436. The number of carbonyl (C=O) groups is 1. The molecule has 1 aliphatic rings. The molecule has 0 saturated heterocycles. The molecule has 23 heavy (non-hydrogen) atoms. The van der Waals surface area contributed by atoms with Gasteiger partial charge in [-0.3, -0.25) is 9.69 Å². The molecule has 1 heterocycles. The molecular formula is C19H22N2O2. The molecule has 3 N–H and O–H groups in total. The molecule has 0 radical (unpaired) electrons. The van der Waals surface area contributed by atoms with Gasteiger partial charge in [-0.05, 0) is 41.7 Å². The number of benzene rings is 2. The highest BCUT2D eigenvalue weighted by atomic mass is 16.3. The van der Waals surface area contributed by atoms with Gasteiger partial charge in [-0.15, -0.1) is 0 Å². The molecule has 3 rings (SSSR count). The van der Waals surface area contributed by atoms with Crippen molar-refractivity contribution in [3.05, 3.63) is 70.8 Å². The quantitative estimate of drug-likeness (QED) is 0.884. The minimum atomic E-state index is -0.455. The van der Waals surface area contributed by atoms with Crippen molar-refractivity contribution in [1.82, 2.24) is 4.90 Å². The van der Waals surface area contributed by atoms with Gasteiger partial charge in [0.05, 0.1) is 6.10 Å². The average Bonchev–Trinajstić information content (AvgIpc) is 2.55. The minimum absolute atomic E-state index is 0.436. The molecule has 120 valence electrons. The summed E-state index contributed by atoms with van der Waals surface area (Å²) in [4.78, 5) is 13.5. The van der Waals surface area contributed by atoms with Crippen LogP contribution >= 0.6 is 0 Å². The van der Waals surface area contributed by atoms with E-state index in [1.807, 2.05) is 6.07 Å². The van der Waals surface area contributed by atoms with Crippen LogP contribution in [0.15, 0.2) is 48.5 Å². The van der Waals surface area contributed by atoms with Gasteiger partial charge in [-0.25, -0.2) is 0 Å². The highest BCUT2D eigenvalue weighted by Gasteiger charge is 2.18. The van der Waals surface area contributed by atoms with E-state index in [0.29, 0.717) is 18.5 Å². The second-order valence-corrected chi connectivity index (χ2v) is 6.18. The van der Waals surface area contributed by atoms with E-state index >= 15 is 0 Å². The largest absolute Gasteiger partial charge is 0.391 e. The lowest BCUT2D eigenvalue weighted by atomic mass is 9.99. The Kier molecular flexibility index (Phi) is 4.74. The van der Waals surface area contributed by atoms with E-state index < -0.39 is 12.0 Å². The Morgan fingerprint density at radius 2 is 1.96 bits per heavy atom. The standard InChI is InChI=1S/C19H22N2O2/c20-19(23)16-7-3-4-14(10-16)11-18(22)13-21-9-8-15-5-1-2-6-17(15)12-21/h1-7,10,18,22H,8-9,11-13H2,(H2,20,23). The Hall–Kier alpha value is -2.17. The molecule has 4 nitrogen and oxygen atoms in total. The minimum Gasteiger partial charge on any atom is -0.391 e. The topological polar surface area (TPSA) is 66.6 Å². The molecule has 4 heteroatoms. The summed E-state index contributed by atoms with van der Waals surface area (Å²) in [5.41, 5.74) is 9.48. The van der Waals surface area contributed by atoms with Crippen LogP contribution in [0.3, 0.4) is 0 Å². The van der Waals surface area contributed by atoms with Gasteiger partial charge in [0.25, 0.3) is 0 Å². The summed E-state index contributed by atoms with van der Waals surface area (Å²) in [6, 6.07) is 15.7. The molecular weight excluding hydrogens is 288 g/mol. The van der Waals surface area contributed by atoms with Crippen LogP contribution < -0.4 is 5.73 Å². The molecule has 0 spiro atoms. The van der Waals surface area contributed by atoms with Crippen molar-refractivity contribution in [2.24, 2.45) is 5.73 Å². The summed E-state index contributed by atoms with van der Waals surface area (Å²) in [6.07, 6.45) is 1.10. The predicted octanol–water partition coefficient (Wildman–Crippen LogP) is 1.75. The number of nitrogens with zero attached hydrogens (tertiary/aromatic N) is 1. The van der Waals surface area contributed by atoms with Gasteiger partial charge in [-0.2, -0.15) is 0 Å². The van der Waals surface area contributed by atoms with Crippen LogP contribution in [0.2, 0.25) is 0 Å². The van der Waals surface area contributed by atoms with Gasteiger partial charge < -0.3 is 10.8 Å². The number of carbonyl (C=O) groups excluding carboxylic acids is 1. The molecule has 0 aromatic heterocycles. The van der Waals surface area contributed by atoms with E-state index in [1.54, 1.807) is 18.2 Å². The summed E-state index contributed by atoms with van der Waals surface area (Å²) < 4.78 is 0. The van der Waals surface area contributed by atoms with Gasteiger partial charge in [0.1, 0.15) is 0 Å². The Labute approximate surface area is 136 Å². The van der Waals surface area contributed by atoms with Crippen LogP contribution in [0.1, 0.15) is 27.0 Å². The maximum Gasteiger partial charge on any atom is 0.248 e. The third kappa shape index (κ3) is 3.97. The number of aliphatic hydroxyl groups is 1. The Morgan fingerprint density at radius 3 is 2.74 bits per heavy atom. The maximum atomic E-state index is 11.2. The number of hydrogen-bond donors (Lipinski definition) is 2. The van der Waals surface area contributed by atoms with Crippen LogP contribution in [0.4, 0.5) is 0 Å². The van der Waals surface area contributed by atoms with Crippen LogP contribution in [-0.4, -0.2) is 35.1 Å². The highest BCUT2D eigenvalue weighted by Crippen LogP contribution is 2.19. The number of rotatable bonds is 5. The first-order chi connectivity index (χ1) is 11.1. The summed E-state index contributed by atoms with van der Waals surface area (Å²) in [7, 11) is 0. The molecule has 0 bridgehead atoms. The highest BCUT2D eigenvalue weighted by molar-refractivity contribution is 5.92. The van der Waals surface area contributed by atoms with E-state index in [-0.39, 0.29) is 0 Å². The first-order valence-corrected chi connectivity index (χ1v) is 7.98. The Bertz CT molecular complexity index is 699. The van der Waals surface area contributed by atoms with Crippen LogP contribution in [-0.2, 0) is 19.4 Å². The van der Waals surface area contributed by atoms with Crippen molar-refractivity contribution in [2.45, 2.75) is 25.5 Å². The second kappa shape index (κ2) is 6.94. The average molecular weight is 310 g/mol. The number of aliphatic hydroxyl groups excluding tert-OH is 1. The Morgan fingerprint density at radius 1 is 1.17 bits per heavy atom. The maximum absolute atomic E-state index is 11.2. The molecule has 0 saturated carbocycles. The van der Waals surface area contributed by atoms with Crippen molar-refractivity contribution in [2.75, 3.05) is 13.1 Å². The van der Waals surface area contributed by atoms with Crippen molar-refractivity contribution < 1.29 is 9.90 Å². The van der Waals surface area contributed by atoms with Crippen molar-refractivity contribution in [1.29, 1.82) is 0 Å². The van der Waals surface area contributed by atoms with Gasteiger partial charge in [0.2, 0.25) is 5.91 Å². The summed E-state index contributed by atoms with van der Waals surface area (Å²) >= 11 is 0. The molecule has 1 aliphatic heterocycles. The monoisotopic (exact) mass is 310 g/mol. The lowest BCUT2D eigenvalue weighted by Crippen LogP contribution is -2.37. The van der Waals surface area contributed by atoms with Crippen molar-refractivity contribution in [3.8, 4) is 0 Å². The summed E-state index contributed by atoms with van der Waals surface area (Å²) in [5, 5.41) is 10.4. The van der Waals surface area contributed by atoms with Gasteiger partial charge in [0.15, 0.2) is 0 Å². The first kappa shape index (κ1) is 15.7. The molecule has 2 aromatic rings. The third-order valence-electron chi connectivity index (χ3n) is 4.36. The van der Waals surface area contributed by atoms with Gasteiger partial charge in [0, 0.05) is 25.2 Å². The zero-order valence-corrected chi connectivity index (χ0v) is 13.1. The zero-order chi connectivity index (χ0) is 16.2. The number of amides is 1. The lowest BCUT2D eigenvalue weighted by molar-refractivity contribution is 0.0997. The van der Waals surface area contributed by atoms with E-state index in [2.05, 4.69) is 29.2 Å². The fourth-order valence-electron chi connectivity index (χ4n) is 3.20. The summed E-state index contributed by atoms with van der Waals surface area (Å²) in [6.45, 7) is 2.49.